The maximum atomic E-state index is 12.2. The molecular formula is C15H21ClF3NO. The van der Waals surface area contributed by atoms with Crippen molar-refractivity contribution in [2.75, 3.05) is 13.2 Å². The Hall–Kier alpha value is -0.780. The van der Waals surface area contributed by atoms with Crippen LogP contribution in [0.2, 0.25) is 5.02 Å². The van der Waals surface area contributed by atoms with Crippen LogP contribution in [0.15, 0.2) is 24.3 Å². The molecule has 0 fully saturated rings. The number of alkyl halides is 3. The summed E-state index contributed by atoms with van der Waals surface area (Å²) in [7, 11) is 0. The van der Waals surface area contributed by atoms with E-state index in [4.69, 9.17) is 16.3 Å². The van der Waals surface area contributed by atoms with Gasteiger partial charge in [-0.05, 0) is 38.5 Å². The molecule has 0 heterocycles. The van der Waals surface area contributed by atoms with Gasteiger partial charge in [-0.1, -0.05) is 23.7 Å². The first-order chi connectivity index (χ1) is 9.57. The zero-order valence-corrected chi connectivity index (χ0v) is 13.2. The van der Waals surface area contributed by atoms with Gasteiger partial charge < -0.3 is 10.1 Å². The Balaban J connectivity index is 2.70. The van der Waals surface area contributed by atoms with E-state index in [2.05, 4.69) is 5.32 Å². The molecule has 1 atom stereocenters. The van der Waals surface area contributed by atoms with E-state index in [0.717, 1.165) is 5.56 Å². The monoisotopic (exact) mass is 323 g/mol. The lowest BCUT2D eigenvalue weighted by Crippen LogP contribution is -2.39. The van der Waals surface area contributed by atoms with Crippen LogP contribution in [0.4, 0.5) is 13.2 Å². The summed E-state index contributed by atoms with van der Waals surface area (Å²) in [5, 5.41) is 3.77. The summed E-state index contributed by atoms with van der Waals surface area (Å²) in [5.41, 5.74) is 0.617. The summed E-state index contributed by atoms with van der Waals surface area (Å²) in [4.78, 5) is 0. The quantitative estimate of drug-likeness (QED) is 0.816. The van der Waals surface area contributed by atoms with Crippen LogP contribution in [0.3, 0.4) is 0 Å². The highest BCUT2D eigenvalue weighted by Gasteiger charge is 2.27. The molecule has 0 radical (unpaired) electrons. The molecule has 0 aromatic heterocycles. The molecular weight excluding hydrogens is 303 g/mol. The van der Waals surface area contributed by atoms with E-state index >= 15 is 0 Å². The van der Waals surface area contributed by atoms with Crippen LogP contribution in [-0.4, -0.2) is 24.9 Å². The molecule has 0 aliphatic rings. The van der Waals surface area contributed by atoms with Gasteiger partial charge in [0.05, 0.1) is 19.1 Å². The van der Waals surface area contributed by atoms with Gasteiger partial charge in [-0.25, -0.2) is 0 Å². The Morgan fingerprint density at radius 3 is 2.43 bits per heavy atom. The van der Waals surface area contributed by atoms with E-state index in [1.165, 1.54) is 0 Å². The summed E-state index contributed by atoms with van der Waals surface area (Å²) in [6.07, 6.45) is -5.64. The van der Waals surface area contributed by atoms with Crippen molar-refractivity contribution >= 4 is 11.6 Å². The fraction of sp³-hybridized carbons (Fsp3) is 0.600. The SMILES string of the molecule is CC(C)(C)NCC(OCCC(F)(F)F)c1cccc(Cl)c1. The molecule has 0 bridgehead atoms. The lowest BCUT2D eigenvalue weighted by molar-refractivity contribution is -0.149. The Morgan fingerprint density at radius 1 is 1.24 bits per heavy atom. The van der Waals surface area contributed by atoms with E-state index in [1.54, 1.807) is 24.3 Å². The Labute approximate surface area is 128 Å². The molecule has 0 saturated carbocycles. The number of hydrogen-bond donors (Lipinski definition) is 1. The summed E-state index contributed by atoms with van der Waals surface area (Å²) < 4.78 is 42.1. The third-order valence-corrected chi connectivity index (χ3v) is 2.98. The first-order valence-electron chi connectivity index (χ1n) is 6.76. The van der Waals surface area contributed by atoms with Gasteiger partial charge in [0.2, 0.25) is 0 Å². The highest BCUT2D eigenvalue weighted by atomic mass is 35.5. The highest BCUT2D eigenvalue weighted by molar-refractivity contribution is 6.30. The minimum Gasteiger partial charge on any atom is -0.372 e. The molecule has 1 N–H and O–H groups in total. The van der Waals surface area contributed by atoms with Crippen LogP contribution >= 0.6 is 11.6 Å². The molecule has 0 amide bonds. The third-order valence-electron chi connectivity index (χ3n) is 2.74. The molecule has 0 spiro atoms. The minimum absolute atomic E-state index is 0.149. The fourth-order valence-corrected chi connectivity index (χ4v) is 1.89. The number of rotatable bonds is 6. The minimum atomic E-state index is -4.21. The summed E-state index contributed by atoms with van der Waals surface area (Å²) >= 11 is 5.93. The van der Waals surface area contributed by atoms with Gasteiger partial charge in [0.15, 0.2) is 0 Å². The molecule has 0 saturated heterocycles. The van der Waals surface area contributed by atoms with E-state index in [9.17, 15) is 13.2 Å². The van der Waals surface area contributed by atoms with Crippen LogP contribution in [-0.2, 0) is 4.74 Å². The Bertz CT molecular complexity index is 443. The average molecular weight is 324 g/mol. The molecule has 21 heavy (non-hydrogen) atoms. The highest BCUT2D eigenvalue weighted by Crippen LogP contribution is 2.24. The van der Waals surface area contributed by atoms with E-state index in [0.29, 0.717) is 11.6 Å². The van der Waals surface area contributed by atoms with Crippen molar-refractivity contribution in [1.29, 1.82) is 0 Å². The van der Waals surface area contributed by atoms with E-state index in [-0.39, 0.29) is 12.1 Å². The molecule has 2 nitrogen and oxygen atoms in total. The van der Waals surface area contributed by atoms with Crippen molar-refractivity contribution in [3.05, 3.63) is 34.9 Å². The van der Waals surface area contributed by atoms with Crippen molar-refractivity contribution in [2.45, 2.75) is 45.0 Å². The van der Waals surface area contributed by atoms with Crippen LogP contribution in [0.25, 0.3) is 0 Å². The van der Waals surface area contributed by atoms with Crippen LogP contribution in [0.1, 0.15) is 38.9 Å². The number of halogens is 4. The van der Waals surface area contributed by atoms with Crippen molar-refractivity contribution in [2.24, 2.45) is 0 Å². The first kappa shape index (κ1) is 18.3. The zero-order chi connectivity index (χ0) is 16.1. The molecule has 120 valence electrons. The number of nitrogens with one attached hydrogen (secondary N) is 1. The molecule has 1 unspecified atom stereocenters. The van der Waals surface area contributed by atoms with Crippen LogP contribution < -0.4 is 5.32 Å². The van der Waals surface area contributed by atoms with Gasteiger partial charge in [-0.3, -0.25) is 0 Å². The predicted octanol–water partition coefficient (Wildman–Crippen LogP) is 4.74. The van der Waals surface area contributed by atoms with Gasteiger partial charge in [-0.15, -0.1) is 0 Å². The van der Waals surface area contributed by atoms with E-state index < -0.39 is 18.7 Å². The van der Waals surface area contributed by atoms with Crippen molar-refractivity contribution in [1.82, 2.24) is 5.32 Å². The van der Waals surface area contributed by atoms with Crippen LogP contribution in [0, 0.1) is 0 Å². The smallest absolute Gasteiger partial charge is 0.372 e. The lowest BCUT2D eigenvalue weighted by Gasteiger charge is -2.26. The van der Waals surface area contributed by atoms with Crippen molar-refractivity contribution in [3.63, 3.8) is 0 Å². The number of ether oxygens (including phenoxy) is 1. The first-order valence-corrected chi connectivity index (χ1v) is 7.13. The third kappa shape index (κ3) is 8.29. The second-order valence-corrected chi connectivity index (χ2v) is 6.35. The van der Waals surface area contributed by atoms with Crippen molar-refractivity contribution in [3.8, 4) is 0 Å². The van der Waals surface area contributed by atoms with Crippen LogP contribution in [0.5, 0.6) is 0 Å². The van der Waals surface area contributed by atoms with E-state index in [1.807, 2.05) is 20.8 Å². The predicted molar refractivity (Wildman–Crippen MR) is 78.6 cm³/mol. The molecule has 1 rings (SSSR count). The standard InChI is InChI=1S/C15H21ClF3NO/c1-14(2,3)20-10-13(21-8-7-15(17,18)19)11-5-4-6-12(16)9-11/h4-6,9,13,20H,7-8,10H2,1-3H3. The molecule has 0 aliphatic heterocycles. The molecule has 6 heteroatoms. The molecule has 0 aliphatic carbocycles. The Kier molecular flexibility index (Phi) is 6.50. The largest absolute Gasteiger partial charge is 0.391 e. The number of benzene rings is 1. The topological polar surface area (TPSA) is 21.3 Å². The second-order valence-electron chi connectivity index (χ2n) is 5.91. The zero-order valence-electron chi connectivity index (χ0n) is 12.4. The summed E-state index contributed by atoms with van der Waals surface area (Å²) in [5.74, 6) is 0. The fourth-order valence-electron chi connectivity index (χ4n) is 1.70. The Morgan fingerprint density at radius 2 is 1.90 bits per heavy atom. The van der Waals surface area contributed by atoms with Gasteiger partial charge in [0.1, 0.15) is 0 Å². The lowest BCUT2D eigenvalue weighted by atomic mass is 10.1. The normalized spacial score (nSPS) is 14.2. The van der Waals surface area contributed by atoms with Crippen molar-refractivity contribution < 1.29 is 17.9 Å². The number of hydrogen-bond acceptors (Lipinski definition) is 2. The summed E-state index contributed by atoms with van der Waals surface area (Å²) in [6, 6.07) is 6.99. The molecule has 1 aromatic carbocycles. The van der Waals surface area contributed by atoms with Gasteiger partial charge in [-0.2, -0.15) is 13.2 Å². The molecule has 1 aromatic rings. The maximum absolute atomic E-state index is 12.2. The summed E-state index contributed by atoms with van der Waals surface area (Å²) in [6.45, 7) is 6.00. The average Bonchev–Trinajstić information content (AvgIpc) is 2.30. The maximum Gasteiger partial charge on any atom is 0.391 e. The van der Waals surface area contributed by atoms with Gasteiger partial charge >= 0.3 is 6.18 Å². The van der Waals surface area contributed by atoms with Gasteiger partial charge in [0, 0.05) is 17.1 Å². The second kappa shape index (κ2) is 7.47. The van der Waals surface area contributed by atoms with Gasteiger partial charge in [0.25, 0.3) is 0 Å².